The van der Waals surface area contributed by atoms with Crippen LogP contribution in [0.25, 0.3) is 0 Å². The van der Waals surface area contributed by atoms with Gasteiger partial charge in [0.25, 0.3) is 0 Å². The third-order valence-corrected chi connectivity index (χ3v) is 5.21. The summed E-state index contributed by atoms with van der Waals surface area (Å²) in [5.74, 6) is -0.964. The Balaban J connectivity index is 1.85. The molecule has 1 unspecified atom stereocenters. The van der Waals surface area contributed by atoms with Crippen molar-refractivity contribution in [1.29, 1.82) is 0 Å². The standard InChI is InChI=1S/C20H29NO3/c1-14(13-20(2,3)17-7-5-4-6-8-17)21-18(22)15-9-11-16(12-10-15)19(23)24/h4-8,14-16H,9-13H2,1-3H3,(H,21,22)(H,23,24). The molecule has 1 saturated carbocycles. The van der Waals surface area contributed by atoms with Gasteiger partial charge in [-0.05, 0) is 50.0 Å². The number of carbonyl (C=O) groups is 2. The molecule has 0 bridgehead atoms. The smallest absolute Gasteiger partial charge is 0.306 e. The molecule has 4 nitrogen and oxygen atoms in total. The molecule has 132 valence electrons. The first kappa shape index (κ1) is 18.5. The Hall–Kier alpha value is -1.84. The van der Waals surface area contributed by atoms with Gasteiger partial charge >= 0.3 is 5.97 Å². The Morgan fingerprint density at radius 3 is 2.21 bits per heavy atom. The van der Waals surface area contributed by atoms with E-state index in [4.69, 9.17) is 5.11 Å². The van der Waals surface area contributed by atoms with Crippen molar-refractivity contribution in [3.8, 4) is 0 Å². The molecule has 1 aromatic carbocycles. The first-order valence-corrected chi connectivity index (χ1v) is 8.88. The zero-order valence-electron chi connectivity index (χ0n) is 14.9. The molecular weight excluding hydrogens is 302 g/mol. The van der Waals surface area contributed by atoms with E-state index in [1.165, 1.54) is 5.56 Å². The number of aliphatic carboxylic acids is 1. The number of benzene rings is 1. The van der Waals surface area contributed by atoms with Gasteiger partial charge in [-0.2, -0.15) is 0 Å². The predicted octanol–water partition coefficient (Wildman–Crippen LogP) is 3.75. The lowest BCUT2D eigenvalue weighted by Gasteiger charge is -2.31. The van der Waals surface area contributed by atoms with E-state index in [-0.39, 0.29) is 29.2 Å². The Morgan fingerprint density at radius 1 is 1.12 bits per heavy atom. The summed E-state index contributed by atoms with van der Waals surface area (Å²) in [6, 6.07) is 10.4. The predicted molar refractivity (Wildman–Crippen MR) is 94.8 cm³/mol. The zero-order valence-corrected chi connectivity index (χ0v) is 14.9. The summed E-state index contributed by atoms with van der Waals surface area (Å²) in [6.07, 6.45) is 3.44. The molecule has 0 heterocycles. The highest BCUT2D eigenvalue weighted by atomic mass is 16.4. The summed E-state index contributed by atoms with van der Waals surface area (Å²) < 4.78 is 0. The van der Waals surface area contributed by atoms with Crippen LogP contribution in [0.4, 0.5) is 0 Å². The van der Waals surface area contributed by atoms with Gasteiger partial charge < -0.3 is 10.4 Å². The van der Waals surface area contributed by atoms with Crippen LogP contribution in [0, 0.1) is 11.8 Å². The van der Waals surface area contributed by atoms with Crippen LogP contribution in [0.2, 0.25) is 0 Å². The lowest BCUT2D eigenvalue weighted by atomic mass is 9.79. The van der Waals surface area contributed by atoms with Gasteiger partial charge in [0.15, 0.2) is 0 Å². The second kappa shape index (κ2) is 7.82. The highest BCUT2D eigenvalue weighted by Crippen LogP contribution is 2.30. The van der Waals surface area contributed by atoms with E-state index < -0.39 is 5.97 Å². The molecule has 4 heteroatoms. The van der Waals surface area contributed by atoms with Crippen LogP contribution in [-0.2, 0) is 15.0 Å². The molecule has 24 heavy (non-hydrogen) atoms. The minimum Gasteiger partial charge on any atom is -0.481 e. The quantitative estimate of drug-likeness (QED) is 0.834. The van der Waals surface area contributed by atoms with Crippen molar-refractivity contribution >= 4 is 11.9 Å². The number of rotatable bonds is 6. The molecule has 0 aliphatic heterocycles. The van der Waals surface area contributed by atoms with Crippen molar-refractivity contribution < 1.29 is 14.7 Å². The van der Waals surface area contributed by atoms with Crippen LogP contribution in [0.1, 0.15) is 58.4 Å². The van der Waals surface area contributed by atoms with Gasteiger partial charge in [-0.15, -0.1) is 0 Å². The van der Waals surface area contributed by atoms with Crippen LogP contribution in [0.3, 0.4) is 0 Å². The minimum atomic E-state index is -0.730. The minimum absolute atomic E-state index is 0.00504. The van der Waals surface area contributed by atoms with Crippen LogP contribution >= 0.6 is 0 Å². The van der Waals surface area contributed by atoms with Crippen molar-refractivity contribution in [2.24, 2.45) is 11.8 Å². The molecule has 1 amide bonds. The fourth-order valence-electron chi connectivity index (χ4n) is 3.79. The van der Waals surface area contributed by atoms with Gasteiger partial charge in [-0.3, -0.25) is 9.59 Å². The molecule has 1 atom stereocenters. The van der Waals surface area contributed by atoms with Gasteiger partial charge in [0.1, 0.15) is 0 Å². The lowest BCUT2D eigenvalue weighted by Crippen LogP contribution is -2.41. The van der Waals surface area contributed by atoms with Crippen molar-refractivity contribution in [3.63, 3.8) is 0 Å². The molecule has 1 fully saturated rings. The molecule has 0 aromatic heterocycles. The van der Waals surface area contributed by atoms with E-state index in [1.807, 2.05) is 25.1 Å². The fraction of sp³-hybridized carbons (Fsp3) is 0.600. The van der Waals surface area contributed by atoms with Gasteiger partial charge in [-0.25, -0.2) is 0 Å². The van der Waals surface area contributed by atoms with Crippen molar-refractivity contribution in [2.75, 3.05) is 0 Å². The molecule has 1 aromatic rings. The summed E-state index contributed by atoms with van der Waals surface area (Å²) in [7, 11) is 0. The summed E-state index contributed by atoms with van der Waals surface area (Å²) in [5.41, 5.74) is 1.27. The van der Waals surface area contributed by atoms with Crippen LogP contribution < -0.4 is 5.32 Å². The van der Waals surface area contributed by atoms with E-state index in [2.05, 4.69) is 31.3 Å². The average Bonchev–Trinajstić information content (AvgIpc) is 2.55. The summed E-state index contributed by atoms with van der Waals surface area (Å²) in [6.45, 7) is 6.44. The van der Waals surface area contributed by atoms with Crippen molar-refractivity contribution in [2.45, 2.75) is 64.3 Å². The molecule has 0 saturated heterocycles. The monoisotopic (exact) mass is 331 g/mol. The second-order valence-corrected chi connectivity index (χ2v) is 7.75. The SMILES string of the molecule is CC(CC(C)(C)c1ccccc1)NC(=O)C1CCC(C(=O)O)CC1. The van der Waals surface area contributed by atoms with Crippen molar-refractivity contribution in [1.82, 2.24) is 5.32 Å². The first-order chi connectivity index (χ1) is 11.3. The molecule has 1 aliphatic rings. The number of carboxylic acids is 1. The molecule has 0 spiro atoms. The Kier molecular flexibility index (Phi) is 6.03. The highest BCUT2D eigenvalue weighted by Gasteiger charge is 2.31. The number of nitrogens with one attached hydrogen (secondary N) is 1. The molecule has 1 aliphatic carbocycles. The maximum absolute atomic E-state index is 12.4. The van der Waals surface area contributed by atoms with Crippen LogP contribution in [0.15, 0.2) is 30.3 Å². The number of carbonyl (C=O) groups excluding carboxylic acids is 1. The number of carboxylic acid groups (broad SMARTS) is 1. The molecule has 0 radical (unpaired) electrons. The largest absolute Gasteiger partial charge is 0.481 e. The summed E-state index contributed by atoms with van der Waals surface area (Å²) in [4.78, 5) is 23.4. The van der Waals surface area contributed by atoms with Gasteiger partial charge in [0.05, 0.1) is 5.92 Å². The number of amides is 1. The average molecular weight is 331 g/mol. The zero-order chi connectivity index (χ0) is 17.7. The Morgan fingerprint density at radius 2 is 1.67 bits per heavy atom. The first-order valence-electron chi connectivity index (χ1n) is 8.88. The lowest BCUT2D eigenvalue weighted by molar-refractivity contribution is -0.144. The normalized spacial score (nSPS) is 22.6. The van der Waals surface area contributed by atoms with Gasteiger partial charge in [0, 0.05) is 12.0 Å². The maximum atomic E-state index is 12.4. The number of hydrogen-bond donors (Lipinski definition) is 2. The fourth-order valence-corrected chi connectivity index (χ4v) is 3.79. The van der Waals surface area contributed by atoms with Crippen molar-refractivity contribution in [3.05, 3.63) is 35.9 Å². The van der Waals surface area contributed by atoms with E-state index in [9.17, 15) is 9.59 Å². The second-order valence-electron chi connectivity index (χ2n) is 7.75. The molecule has 2 rings (SSSR count). The summed E-state index contributed by atoms with van der Waals surface area (Å²) >= 11 is 0. The van der Waals surface area contributed by atoms with Gasteiger partial charge in [0.2, 0.25) is 5.91 Å². The topological polar surface area (TPSA) is 66.4 Å². The van der Waals surface area contributed by atoms with E-state index in [0.29, 0.717) is 25.7 Å². The maximum Gasteiger partial charge on any atom is 0.306 e. The van der Waals surface area contributed by atoms with E-state index >= 15 is 0 Å². The third-order valence-electron chi connectivity index (χ3n) is 5.21. The molecular formula is C20H29NO3. The van der Waals surface area contributed by atoms with Crippen LogP contribution in [-0.4, -0.2) is 23.0 Å². The Bertz CT molecular complexity index is 560. The third kappa shape index (κ3) is 4.83. The highest BCUT2D eigenvalue weighted by molar-refractivity contribution is 5.79. The van der Waals surface area contributed by atoms with Gasteiger partial charge in [-0.1, -0.05) is 44.2 Å². The van der Waals surface area contributed by atoms with E-state index in [1.54, 1.807) is 0 Å². The van der Waals surface area contributed by atoms with E-state index in [0.717, 1.165) is 6.42 Å². The Labute approximate surface area is 144 Å². The molecule has 2 N–H and O–H groups in total. The van der Waals surface area contributed by atoms with Crippen LogP contribution in [0.5, 0.6) is 0 Å². The summed E-state index contributed by atoms with van der Waals surface area (Å²) in [5, 5.41) is 12.2. The number of hydrogen-bond acceptors (Lipinski definition) is 2.